The lowest BCUT2D eigenvalue weighted by Gasteiger charge is -2.13. The average Bonchev–Trinajstić information content (AvgIpc) is 3.08. The minimum absolute atomic E-state index is 0.119. The zero-order valence-corrected chi connectivity index (χ0v) is 16.4. The van der Waals surface area contributed by atoms with Crippen LogP contribution < -0.4 is 10.6 Å². The lowest BCUT2D eigenvalue weighted by molar-refractivity contribution is -0.113. The Kier molecular flexibility index (Phi) is 6.44. The normalized spacial score (nSPS) is 11.6. The van der Waals surface area contributed by atoms with Crippen molar-refractivity contribution in [3.63, 3.8) is 0 Å². The zero-order chi connectivity index (χ0) is 19.9. The van der Waals surface area contributed by atoms with Crippen LogP contribution >= 0.6 is 11.8 Å². The van der Waals surface area contributed by atoms with E-state index in [1.165, 1.54) is 11.8 Å². The molecule has 2 aromatic carbocycles. The van der Waals surface area contributed by atoms with Crippen molar-refractivity contribution in [2.45, 2.75) is 18.1 Å². The topological polar surface area (TPSA) is 88.9 Å². The first-order valence-electron chi connectivity index (χ1n) is 8.77. The maximum absolute atomic E-state index is 12.3. The molecule has 0 aliphatic rings. The molecule has 0 saturated heterocycles. The molecule has 0 aliphatic heterocycles. The fourth-order valence-electron chi connectivity index (χ4n) is 2.61. The molecular weight excluding hydrogens is 374 g/mol. The molecule has 28 heavy (non-hydrogen) atoms. The number of hydrogen-bond acceptors (Lipinski definition) is 5. The van der Waals surface area contributed by atoms with E-state index in [1.54, 1.807) is 16.7 Å². The molecule has 1 atom stereocenters. The summed E-state index contributed by atoms with van der Waals surface area (Å²) in [6.45, 7) is 1.85. The summed E-state index contributed by atoms with van der Waals surface area (Å²) >= 11 is 1.29. The standard InChI is InChI=1S/C20H21N5O2S/c1-14(21-19(27)15-9-5-3-6-10-15)18-23-24-20(25(18)2)28-13-17(26)22-16-11-7-4-8-12-16/h3-12,14H,13H2,1-2H3,(H,21,27)(H,22,26)/t14-/m0/s1. The van der Waals surface area contributed by atoms with Crippen LogP contribution in [0.5, 0.6) is 0 Å². The summed E-state index contributed by atoms with van der Waals surface area (Å²) < 4.78 is 1.79. The highest BCUT2D eigenvalue weighted by atomic mass is 32.2. The van der Waals surface area contributed by atoms with Crippen molar-refractivity contribution < 1.29 is 9.59 Å². The number of benzene rings is 2. The molecule has 3 rings (SSSR count). The monoisotopic (exact) mass is 395 g/mol. The van der Waals surface area contributed by atoms with Gasteiger partial charge in [0.1, 0.15) is 0 Å². The van der Waals surface area contributed by atoms with E-state index in [9.17, 15) is 9.59 Å². The molecule has 0 radical (unpaired) electrons. The molecule has 0 unspecified atom stereocenters. The number of para-hydroxylation sites is 1. The quantitative estimate of drug-likeness (QED) is 0.600. The van der Waals surface area contributed by atoms with Crippen LogP contribution in [-0.2, 0) is 11.8 Å². The summed E-state index contributed by atoms with van der Waals surface area (Å²) in [5, 5.41) is 14.7. The van der Waals surface area contributed by atoms with Gasteiger partial charge in [0.2, 0.25) is 5.91 Å². The summed E-state index contributed by atoms with van der Waals surface area (Å²) in [5.41, 5.74) is 1.34. The van der Waals surface area contributed by atoms with E-state index in [2.05, 4.69) is 20.8 Å². The van der Waals surface area contributed by atoms with Gasteiger partial charge in [-0.1, -0.05) is 48.2 Å². The van der Waals surface area contributed by atoms with Crippen molar-refractivity contribution in [2.24, 2.45) is 7.05 Å². The minimum atomic E-state index is -0.322. The first-order chi connectivity index (χ1) is 13.5. The van der Waals surface area contributed by atoms with Crippen LogP contribution in [0.2, 0.25) is 0 Å². The van der Waals surface area contributed by atoms with Gasteiger partial charge in [0, 0.05) is 18.3 Å². The lowest BCUT2D eigenvalue weighted by Crippen LogP contribution is -2.28. The molecule has 7 nitrogen and oxygen atoms in total. The Balaban J connectivity index is 1.57. The number of nitrogens with zero attached hydrogens (tertiary/aromatic N) is 3. The summed E-state index contributed by atoms with van der Waals surface area (Å²) in [5.74, 6) is 0.542. The number of carbonyl (C=O) groups excluding carboxylic acids is 2. The Labute approximate surface area is 167 Å². The molecule has 1 aromatic heterocycles. The Hall–Kier alpha value is -3.13. The summed E-state index contributed by atoms with van der Waals surface area (Å²) in [7, 11) is 1.82. The minimum Gasteiger partial charge on any atom is -0.342 e. The first kappa shape index (κ1) is 19.6. The highest BCUT2D eigenvalue weighted by molar-refractivity contribution is 7.99. The molecule has 0 spiro atoms. The number of anilines is 1. The van der Waals surface area contributed by atoms with E-state index in [0.717, 1.165) is 5.69 Å². The molecule has 1 heterocycles. The molecule has 2 amide bonds. The van der Waals surface area contributed by atoms with Crippen molar-refractivity contribution in [3.05, 3.63) is 72.1 Å². The van der Waals surface area contributed by atoms with Crippen LogP contribution in [0, 0.1) is 0 Å². The van der Waals surface area contributed by atoms with Gasteiger partial charge in [0.05, 0.1) is 11.8 Å². The summed E-state index contributed by atoms with van der Waals surface area (Å²) in [4.78, 5) is 24.4. The third kappa shape index (κ3) is 4.98. The second kappa shape index (κ2) is 9.18. The molecule has 8 heteroatoms. The van der Waals surface area contributed by atoms with Crippen molar-refractivity contribution in [2.75, 3.05) is 11.1 Å². The third-order valence-corrected chi connectivity index (χ3v) is 5.05. The van der Waals surface area contributed by atoms with E-state index in [-0.39, 0.29) is 23.6 Å². The fraction of sp³-hybridized carbons (Fsp3) is 0.200. The molecule has 0 saturated carbocycles. The number of nitrogens with one attached hydrogen (secondary N) is 2. The number of thioether (sulfide) groups is 1. The highest BCUT2D eigenvalue weighted by Gasteiger charge is 2.19. The van der Waals surface area contributed by atoms with Crippen molar-refractivity contribution in [1.82, 2.24) is 20.1 Å². The van der Waals surface area contributed by atoms with E-state index >= 15 is 0 Å². The van der Waals surface area contributed by atoms with Crippen molar-refractivity contribution in [1.29, 1.82) is 0 Å². The van der Waals surface area contributed by atoms with Gasteiger partial charge in [0.15, 0.2) is 11.0 Å². The summed E-state index contributed by atoms with van der Waals surface area (Å²) in [6.07, 6.45) is 0. The zero-order valence-electron chi connectivity index (χ0n) is 15.6. The Bertz CT molecular complexity index is 944. The molecule has 0 bridgehead atoms. The SMILES string of the molecule is C[C@H](NC(=O)c1ccccc1)c1nnc(SCC(=O)Nc2ccccc2)n1C. The number of amides is 2. The van der Waals surface area contributed by atoms with Crippen LogP contribution in [0.25, 0.3) is 0 Å². The van der Waals surface area contributed by atoms with Crippen LogP contribution in [0.4, 0.5) is 5.69 Å². The van der Waals surface area contributed by atoms with E-state index in [0.29, 0.717) is 16.5 Å². The van der Waals surface area contributed by atoms with Crippen LogP contribution in [0.15, 0.2) is 65.8 Å². The maximum Gasteiger partial charge on any atom is 0.251 e. The third-order valence-electron chi connectivity index (χ3n) is 4.03. The van der Waals surface area contributed by atoms with Gasteiger partial charge < -0.3 is 15.2 Å². The Morgan fingerprint density at radius 3 is 2.36 bits per heavy atom. The number of hydrogen-bond donors (Lipinski definition) is 2. The van der Waals surface area contributed by atoms with Crippen molar-refractivity contribution in [3.8, 4) is 0 Å². The highest BCUT2D eigenvalue weighted by Crippen LogP contribution is 2.19. The summed E-state index contributed by atoms with van der Waals surface area (Å²) in [6, 6.07) is 18.0. The molecule has 2 N–H and O–H groups in total. The van der Waals surface area contributed by atoms with E-state index < -0.39 is 0 Å². The Morgan fingerprint density at radius 1 is 1.04 bits per heavy atom. The maximum atomic E-state index is 12.3. The molecule has 0 aliphatic carbocycles. The van der Waals surface area contributed by atoms with Gasteiger partial charge in [-0.05, 0) is 31.2 Å². The number of carbonyl (C=O) groups is 2. The van der Waals surface area contributed by atoms with Gasteiger partial charge in [-0.15, -0.1) is 10.2 Å². The number of rotatable bonds is 7. The predicted molar refractivity (Wildman–Crippen MR) is 109 cm³/mol. The molecular formula is C20H21N5O2S. The van der Waals surface area contributed by atoms with Gasteiger partial charge >= 0.3 is 0 Å². The van der Waals surface area contributed by atoms with Gasteiger partial charge in [0.25, 0.3) is 5.91 Å². The fourth-order valence-corrected chi connectivity index (χ4v) is 3.33. The molecule has 3 aromatic rings. The second-order valence-electron chi connectivity index (χ2n) is 6.16. The van der Waals surface area contributed by atoms with Crippen LogP contribution in [-0.4, -0.2) is 32.3 Å². The molecule has 144 valence electrons. The Morgan fingerprint density at radius 2 is 1.68 bits per heavy atom. The molecule has 0 fully saturated rings. The second-order valence-corrected chi connectivity index (χ2v) is 7.11. The van der Waals surface area contributed by atoms with Crippen molar-refractivity contribution >= 4 is 29.3 Å². The average molecular weight is 395 g/mol. The smallest absolute Gasteiger partial charge is 0.251 e. The lowest BCUT2D eigenvalue weighted by atomic mass is 10.2. The van der Waals surface area contributed by atoms with Gasteiger partial charge in [-0.2, -0.15) is 0 Å². The first-order valence-corrected chi connectivity index (χ1v) is 9.76. The van der Waals surface area contributed by atoms with E-state index in [1.807, 2.05) is 62.5 Å². The van der Waals surface area contributed by atoms with E-state index in [4.69, 9.17) is 0 Å². The van der Waals surface area contributed by atoms with Crippen LogP contribution in [0.1, 0.15) is 29.1 Å². The van der Waals surface area contributed by atoms with Gasteiger partial charge in [-0.3, -0.25) is 9.59 Å². The van der Waals surface area contributed by atoms with Gasteiger partial charge in [-0.25, -0.2) is 0 Å². The van der Waals surface area contributed by atoms with Crippen LogP contribution in [0.3, 0.4) is 0 Å². The number of aromatic nitrogens is 3. The largest absolute Gasteiger partial charge is 0.342 e. The predicted octanol–water partition coefficient (Wildman–Crippen LogP) is 3.04.